The summed E-state index contributed by atoms with van der Waals surface area (Å²) in [5.41, 5.74) is 3.87. The summed E-state index contributed by atoms with van der Waals surface area (Å²) in [4.78, 5) is 0. The summed E-state index contributed by atoms with van der Waals surface area (Å²) in [6.45, 7) is 7.89. The van der Waals surface area contributed by atoms with Crippen LogP contribution in [0.2, 0.25) is 0 Å². The third kappa shape index (κ3) is 2.74. The van der Waals surface area contributed by atoms with Crippen LogP contribution >= 0.6 is 0 Å². The number of morpholine rings is 1. The van der Waals surface area contributed by atoms with E-state index >= 15 is 0 Å². The van der Waals surface area contributed by atoms with Crippen LogP contribution in [0.4, 0.5) is 5.69 Å². The van der Waals surface area contributed by atoms with Gasteiger partial charge in [-0.2, -0.15) is 0 Å². The van der Waals surface area contributed by atoms with E-state index in [1.807, 2.05) is 0 Å². The summed E-state index contributed by atoms with van der Waals surface area (Å²) in [6.07, 6.45) is 0.286. The fourth-order valence-corrected chi connectivity index (χ4v) is 1.92. The van der Waals surface area contributed by atoms with Crippen LogP contribution in [0.5, 0.6) is 0 Å². The van der Waals surface area contributed by atoms with Crippen molar-refractivity contribution >= 4 is 5.69 Å². The van der Waals surface area contributed by atoms with Crippen molar-refractivity contribution in [2.45, 2.75) is 20.0 Å². The fraction of sp³-hybridized carbons (Fsp3) is 0.538. The zero-order valence-electron chi connectivity index (χ0n) is 10.0. The normalized spacial score (nSPS) is 20.8. The maximum atomic E-state index is 5.64. The summed E-state index contributed by atoms with van der Waals surface area (Å²) in [7, 11) is 0. The van der Waals surface area contributed by atoms with E-state index in [1.165, 1.54) is 16.8 Å². The highest BCUT2D eigenvalue weighted by molar-refractivity contribution is 5.53. The van der Waals surface area contributed by atoms with Crippen molar-refractivity contribution in [3.05, 3.63) is 29.3 Å². The standard InChI is InChI=1S/C13H20N2O/c1-10-4-3-5-13(11(10)2)15-9-12-8-14-6-7-16-12/h3-5,12,14-15H,6-9H2,1-2H3. The molecule has 1 heterocycles. The highest BCUT2D eigenvalue weighted by Crippen LogP contribution is 2.17. The van der Waals surface area contributed by atoms with Crippen molar-refractivity contribution in [2.24, 2.45) is 0 Å². The van der Waals surface area contributed by atoms with Gasteiger partial charge in [0.05, 0.1) is 12.7 Å². The van der Waals surface area contributed by atoms with Crippen LogP contribution in [-0.2, 0) is 4.74 Å². The molecule has 1 saturated heterocycles. The van der Waals surface area contributed by atoms with Crippen LogP contribution in [0.25, 0.3) is 0 Å². The Kier molecular flexibility index (Phi) is 3.80. The van der Waals surface area contributed by atoms with Crippen molar-refractivity contribution in [2.75, 3.05) is 31.6 Å². The lowest BCUT2D eigenvalue weighted by atomic mass is 10.1. The summed E-state index contributed by atoms with van der Waals surface area (Å²) >= 11 is 0. The molecule has 0 radical (unpaired) electrons. The number of ether oxygens (including phenoxy) is 1. The molecule has 2 rings (SSSR count). The molecular weight excluding hydrogens is 200 g/mol. The molecule has 0 aromatic heterocycles. The minimum absolute atomic E-state index is 0.286. The first-order valence-corrected chi connectivity index (χ1v) is 5.90. The Bertz CT molecular complexity index is 346. The molecule has 1 fully saturated rings. The number of anilines is 1. The van der Waals surface area contributed by atoms with Crippen molar-refractivity contribution < 1.29 is 4.74 Å². The molecule has 0 aliphatic carbocycles. The molecule has 1 aliphatic heterocycles. The maximum absolute atomic E-state index is 5.64. The van der Waals surface area contributed by atoms with Gasteiger partial charge >= 0.3 is 0 Å². The van der Waals surface area contributed by atoms with Crippen molar-refractivity contribution in [3.63, 3.8) is 0 Å². The third-order valence-corrected chi connectivity index (χ3v) is 3.13. The Morgan fingerprint density at radius 3 is 3.06 bits per heavy atom. The van der Waals surface area contributed by atoms with Gasteiger partial charge in [0.15, 0.2) is 0 Å². The second kappa shape index (κ2) is 5.32. The maximum Gasteiger partial charge on any atom is 0.0872 e. The first-order valence-electron chi connectivity index (χ1n) is 5.90. The molecule has 0 amide bonds. The minimum Gasteiger partial charge on any atom is -0.382 e. The number of benzene rings is 1. The number of nitrogens with one attached hydrogen (secondary N) is 2. The van der Waals surface area contributed by atoms with Gasteiger partial charge in [0.2, 0.25) is 0 Å². The van der Waals surface area contributed by atoms with Gasteiger partial charge in [0.25, 0.3) is 0 Å². The molecule has 1 atom stereocenters. The molecule has 1 unspecified atom stereocenters. The smallest absolute Gasteiger partial charge is 0.0872 e. The summed E-state index contributed by atoms with van der Waals surface area (Å²) in [5.74, 6) is 0. The van der Waals surface area contributed by atoms with E-state index in [1.54, 1.807) is 0 Å². The molecule has 0 saturated carbocycles. The average Bonchev–Trinajstić information content (AvgIpc) is 2.32. The first-order chi connectivity index (χ1) is 7.77. The molecule has 1 aromatic carbocycles. The van der Waals surface area contributed by atoms with Gasteiger partial charge in [0, 0.05) is 25.3 Å². The Morgan fingerprint density at radius 1 is 1.44 bits per heavy atom. The molecule has 0 spiro atoms. The molecule has 2 N–H and O–H groups in total. The van der Waals surface area contributed by atoms with E-state index in [4.69, 9.17) is 4.74 Å². The fourth-order valence-electron chi connectivity index (χ4n) is 1.92. The third-order valence-electron chi connectivity index (χ3n) is 3.13. The topological polar surface area (TPSA) is 33.3 Å². The molecule has 3 heteroatoms. The molecule has 16 heavy (non-hydrogen) atoms. The van der Waals surface area contributed by atoms with Crippen LogP contribution < -0.4 is 10.6 Å². The molecule has 88 valence electrons. The number of aryl methyl sites for hydroxylation is 1. The molecule has 1 aliphatic rings. The van der Waals surface area contributed by atoms with Gasteiger partial charge in [0.1, 0.15) is 0 Å². The largest absolute Gasteiger partial charge is 0.382 e. The van der Waals surface area contributed by atoms with Gasteiger partial charge in [-0.3, -0.25) is 0 Å². The van der Waals surface area contributed by atoms with Crippen molar-refractivity contribution in [1.82, 2.24) is 5.32 Å². The van der Waals surface area contributed by atoms with E-state index in [0.717, 1.165) is 26.2 Å². The van der Waals surface area contributed by atoms with Gasteiger partial charge < -0.3 is 15.4 Å². The van der Waals surface area contributed by atoms with Crippen LogP contribution in [0, 0.1) is 13.8 Å². The Balaban J connectivity index is 1.91. The monoisotopic (exact) mass is 220 g/mol. The Labute approximate surface area is 97.2 Å². The number of rotatable bonds is 3. The molecule has 3 nitrogen and oxygen atoms in total. The molecule has 0 bridgehead atoms. The van der Waals surface area contributed by atoms with Crippen molar-refractivity contribution in [1.29, 1.82) is 0 Å². The van der Waals surface area contributed by atoms with Gasteiger partial charge in [-0.1, -0.05) is 12.1 Å². The second-order valence-electron chi connectivity index (χ2n) is 4.33. The quantitative estimate of drug-likeness (QED) is 0.813. The van der Waals surface area contributed by atoms with Crippen LogP contribution in [0.15, 0.2) is 18.2 Å². The van der Waals surface area contributed by atoms with E-state index in [2.05, 4.69) is 42.7 Å². The number of hydrogen-bond donors (Lipinski definition) is 2. The van der Waals surface area contributed by atoms with E-state index in [-0.39, 0.29) is 6.10 Å². The zero-order valence-corrected chi connectivity index (χ0v) is 10.0. The highest BCUT2D eigenvalue weighted by atomic mass is 16.5. The SMILES string of the molecule is Cc1cccc(NCC2CNCCO2)c1C. The van der Waals surface area contributed by atoms with Gasteiger partial charge in [-0.05, 0) is 31.0 Å². The Morgan fingerprint density at radius 2 is 2.31 bits per heavy atom. The van der Waals surface area contributed by atoms with Crippen LogP contribution in [-0.4, -0.2) is 32.3 Å². The summed E-state index contributed by atoms with van der Waals surface area (Å²) in [5, 5.41) is 6.79. The Hall–Kier alpha value is -1.06. The lowest BCUT2D eigenvalue weighted by molar-refractivity contribution is 0.0372. The second-order valence-corrected chi connectivity index (χ2v) is 4.33. The van der Waals surface area contributed by atoms with E-state index < -0.39 is 0 Å². The van der Waals surface area contributed by atoms with E-state index in [0.29, 0.717) is 0 Å². The zero-order chi connectivity index (χ0) is 11.4. The van der Waals surface area contributed by atoms with Crippen LogP contribution in [0.3, 0.4) is 0 Å². The summed E-state index contributed by atoms with van der Waals surface area (Å²) < 4.78 is 5.64. The lowest BCUT2D eigenvalue weighted by Gasteiger charge is -2.24. The predicted octanol–water partition coefficient (Wildman–Crippen LogP) is 1.70. The van der Waals surface area contributed by atoms with Crippen molar-refractivity contribution in [3.8, 4) is 0 Å². The number of hydrogen-bond acceptors (Lipinski definition) is 3. The molecule has 1 aromatic rings. The summed E-state index contributed by atoms with van der Waals surface area (Å²) in [6, 6.07) is 6.35. The predicted molar refractivity (Wildman–Crippen MR) is 67.0 cm³/mol. The molecular formula is C13H20N2O. The average molecular weight is 220 g/mol. The first kappa shape index (κ1) is 11.4. The lowest BCUT2D eigenvalue weighted by Crippen LogP contribution is -2.42. The van der Waals surface area contributed by atoms with E-state index in [9.17, 15) is 0 Å². The van der Waals surface area contributed by atoms with Gasteiger partial charge in [-0.25, -0.2) is 0 Å². The minimum atomic E-state index is 0.286. The van der Waals surface area contributed by atoms with Crippen LogP contribution in [0.1, 0.15) is 11.1 Å². The van der Waals surface area contributed by atoms with Gasteiger partial charge in [-0.15, -0.1) is 0 Å². The highest BCUT2D eigenvalue weighted by Gasteiger charge is 2.13.